The van der Waals surface area contributed by atoms with E-state index in [9.17, 15) is 18.4 Å². The quantitative estimate of drug-likeness (QED) is 0.809. The van der Waals surface area contributed by atoms with Crippen LogP contribution in [-0.2, 0) is 9.53 Å². The number of carbonyl (C=O) groups excluding carboxylic acids is 2. The van der Waals surface area contributed by atoms with E-state index < -0.39 is 29.1 Å². The molecule has 0 aliphatic heterocycles. The van der Waals surface area contributed by atoms with Crippen LogP contribution in [0.25, 0.3) is 0 Å². The number of amides is 2. The van der Waals surface area contributed by atoms with Crippen LogP contribution in [0.5, 0.6) is 0 Å². The van der Waals surface area contributed by atoms with E-state index in [0.717, 1.165) is 12.1 Å². The maximum Gasteiger partial charge on any atom is 0.251 e. The van der Waals surface area contributed by atoms with Gasteiger partial charge in [0.2, 0.25) is 0 Å². The third kappa shape index (κ3) is 6.32. The van der Waals surface area contributed by atoms with Crippen LogP contribution in [0, 0.1) is 17.6 Å². The van der Waals surface area contributed by atoms with Gasteiger partial charge in [-0.3, -0.25) is 9.59 Å². The maximum atomic E-state index is 14.0. The van der Waals surface area contributed by atoms with Gasteiger partial charge in [0, 0.05) is 12.1 Å². The summed E-state index contributed by atoms with van der Waals surface area (Å²) in [6.07, 6.45) is -0.178. The van der Waals surface area contributed by atoms with E-state index in [1.54, 1.807) is 13.8 Å². The Morgan fingerprint density at radius 1 is 1.13 bits per heavy atom. The second-order valence-corrected chi connectivity index (χ2v) is 5.83. The smallest absolute Gasteiger partial charge is 0.251 e. The molecule has 5 nitrogen and oxygen atoms in total. The van der Waals surface area contributed by atoms with Gasteiger partial charge in [0.05, 0.1) is 6.10 Å². The third-order valence-electron chi connectivity index (χ3n) is 2.79. The molecule has 0 spiro atoms. The molecule has 0 saturated heterocycles. The number of halogens is 2. The van der Waals surface area contributed by atoms with Gasteiger partial charge in [0.25, 0.3) is 11.8 Å². The lowest BCUT2D eigenvalue weighted by molar-refractivity contribution is -0.122. The molecule has 1 rings (SSSR count). The highest BCUT2D eigenvalue weighted by Gasteiger charge is 2.17. The highest BCUT2D eigenvalue weighted by atomic mass is 19.1. The van der Waals surface area contributed by atoms with Crippen LogP contribution in [0.4, 0.5) is 14.5 Å². The second-order valence-electron chi connectivity index (χ2n) is 5.83. The number of rotatable bonds is 7. The predicted molar refractivity (Wildman–Crippen MR) is 83.2 cm³/mol. The Morgan fingerprint density at radius 2 is 1.70 bits per heavy atom. The maximum absolute atomic E-state index is 14.0. The summed E-state index contributed by atoms with van der Waals surface area (Å²) in [5, 5.41) is 4.67. The number of benzene rings is 1. The summed E-state index contributed by atoms with van der Waals surface area (Å²) in [6, 6.07) is 1.77. The van der Waals surface area contributed by atoms with Crippen molar-refractivity contribution in [1.29, 1.82) is 0 Å². The molecular weight excluding hydrogens is 306 g/mol. The van der Waals surface area contributed by atoms with E-state index >= 15 is 0 Å². The van der Waals surface area contributed by atoms with Gasteiger partial charge in [-0.15, -0.1) is 0 Å². The standard InChI is InChI=1S/C16H22F2N2O3/c1-9(2)7-19-16(22)11-5-12(17)15(13(18)6-11)20-14(21)8-23-10(3)4/h5-6,9-10H,7-8H2,1-4H3,(H,19,22)(H,20,21). The van der Waals surface area contributed by atoms with Gasteiger partial charge >= 0.3 is 0 Å². The molecule has 0 aliphatic carbocycles. The Morgan fingerprint density at radius 3 is 2.17 bits per heavy atom. The van der Waals surface area contributed by atoms with E-state index in [0.29, 0.717) is 6.54 Å². The van der Waals surface area contributed by atoms with Crippen LogP contribution < -0.4 is 10.6 Å². The van der Waals surface area contributed by atoms with E-state index in [-0.39, 0.29) is 24.2 Å². The summed E-state index contributed by atoms with van der Waals surface area (Å²) in [7, 11) is 0. The van der Waals surface area contributed by atoms with Crippen LogP contribution in [0.15, 0.2) is 12.1 Å². The van der Waals surface area contributed by atoms with Crippen LogP contribution in [0.2, 0.25) is 0 Å². The number of hydrogen-bond acceptors (Lipinski definition) is 3. The van der Waals surface area contributed by atoms with Gasteiger partial charge in [-0.05, 0) is 31.9 Å². The average molecular weight is 328 g/mol. The molecule has 0 aromatic heterocycles. The lowest BCUT2D eigenvalue weighted by atomic mass is 10.1. The monoisotopic (exact) mass is 328 g/mol. The number of nitrogens with one attached hydrogen (secondary N) is 2. The molecule has 0 unspecified atom stereocenters. The fourth-order valence-corrected chi connectivity index (χ4v) is 1.64. The Bertz CT molecular complexity index is 551. The van der Waals surface area contributed by atoms with E-state index in [1.807, 2.05) is 13.8 Å². The SMILES string of the molecule is CC(C)CNC(=O)c1cc(F)c(NC(=O)COC(C)C)c(F)c1. The summed E-state index contributed by atoms with van der Waals surface area (Å²) in [5.74, 6) is -3.06. The van der Waals surface area contributed by atoms with Crippen molar-refractivity contribution in [3.05, 3.63) is 29.3 Å². The zero-order valence-corrected chi connectivity index (χ0v) is 13.7. The highest BCUT2D eigenvalue weighted by Crippen LogP contribution is 2.21. The molecule has 2 N–H and O–H groups in total. The molecule has 0 saturated carbocycles. The van der Waals surface area contributed by atoms with E-state index in [4.69, 9.17) is 4.74 Å². The highest BCUT2D eigenvalue weighted by molar-refractivity contribution is 5.96. The molecule has 0 radical (unpaired) electrons. The Balaban J connectivity index is 2.81. The Hall–Kier alpha value is -2.02. The molecule has 0 atom stereocenters. The first-order chi connectivity index (χ1) is 10.7. The van der Waals surface area contributed by atoms with Crippen molar-refractivity contribution in [3.8, 4) is 0 Å². The van der Waals surface area contributed by atoms with E-state index in [2.05, 4.69) is 10.6 Å². The summed E-state index contributed by atoms with van der Waals surface area (Å²) in [4.78, 5) is 23.4. The minimum Gasteiger partial charge on any atom is -0.369 e. The lowest BCUT2D eigenvalue weighted by Crippen LogP contribution is -2.28. The predicted octanol–water partition coefficient (Wildman–Crippen LogP) is 2.71. The minimum absolute atomic E-state index is 0.142. The van der Waals surface area contributed by atoms with Gasteiger partial charge in [-0.1, -0.05) is 13.8 Å². The van der Waals surface area contributed by atoms with Crippen molar-refractivity contribution in [2.24, 2.45) is 5.92 Å². The van der Waals surface area contributed by atoms with Crippen molar-refractivity contribution in [3.63, 3.8) is 0 Å². The zero-order chi connectivity index (χ0) is 17.6. The molecule has 1 aromatic carbocycles. The number of ether oxygens (including phenoxy) is 1. The fraction of sp³-hybridized carbons (Fsp3) is 0.500. The molecule has 23 heavy (non-hydrogen) atoms. The lowest BCUT2D eigenvalue weighted by Gasteiger charge is -2.12. The van der Waals surface area contributed by atoms with Gasteiger partial charge < -0.3 is 15.4 Å². The molecular formula is C16H22F2N2O3. The van der Waals surface area contributed by atoms with Crippen molar-refractivity contribution in [1.82, 2.24) is 5.32 Å². The number of hydrogen-bond donors (Lipinski definition) is 2. The molecule has 7 heteroatoms. The Labute approximate surface area is 134 Å². The van der Waals surface area contributed by atoms with Crippen molar-refractivity contribution < 1.29 is 23.1 Å². The molecule has 0 aliphatic rings. The molecule has 0 fully saturated rings. The summed E-state index contributed by atoms with van der Waals surface area (Å²) >= 11 is 0. The average Bonchev–Trinajstić information content (AvgIpc) is 2.46. The van der Waals surface area contributed by atoms with Crippen LogP contribution in [0.1, 0.15) is 38.1 Å². The molecule has 1 aromatic rings. The summed E-state index contributed by atoms with van der Waals surface area (Å²) in [6.45, 7) is 7.36. The topological polar surface area (TPSA) is 67.4 Å². The summed E-state index contributed by atoms with van der Waals surface area (Å²) in [5.41, 5.74) is -0.736. The first-order valence-electron chi connectivity index (χ1n) is 7.39. The number of anilines is 1. The molecule has 0 heterocycles. The fourth-order valence-electron chi connectivity index (χ4n) is 1.64. The van der Waals surface area contributed by atoms with Crippen LogP contribution >= 0.6 is 0 Å². The van der Waals surface area contributed by atoms with Gasteiger partial charge in [0.15, 0.2) is 11.6 Å². The normalized spacial score (nSPS) is 11.0. The Kier molecular flexibility index (Phi) is 7.09. The van der Waals surface area contributed by atoms with Crippen molar-refractivity contribution >= 4 is 17.5 Å². The molecule has 0 bridgehead atoms. The zero-order valence-electron chi connectivity index (χ0n) is 13.7. The van der Waals surface area contributed by atoms with Crippen LogP contribution in [0.3, 0.4) is 0 Å². The van der Waals surface area contributed by atoms with Crippen LogP contribution in [-0.4, -0.2) is 31.1 Å². The van der Waals surface area contributed by atoms with Gasteiger partial charge in [-0.25, -0.2) is 8.78 Å². The van der Waals surface area contributed by atoms with Gasteiger partial charge in [0.1, 0.15) is 12.3 Å². The second kappa shape index (κ2) is 8.57. The minimum atomic E-state index is -1.02. The number of carbonyl (C=O) groups is 2. The first-order valence-corrected chi connectivity index (χ1v) is 7.39. The summed E-state index contributed by atoms with van der Waals surface area (Å²) < 4.78 is 33.0. The van der Waals surface area contributed by atoms with E-state index in [1.165, 1.54) is 0 Å². The largest absolute Gasteiger partial charge is 0.369 e. The van der Waals surface area contributed by atoms with Gasteiger partial charge in [-0.2, -0.15) is 0 Å². The van der Waals surface area contributed by atoms with Crippen molar-refractivity contribution in [2.75, 3.05) is 18.5 Å². The molecule has 128 valence electrons. The third-order valence-corrected chi connectivity index (χ3v) is 2.79. The first kappa shape index (κ1) is 19.0. The van der Waals surface area contributed by atoms with Crippen molar-refractivity contribution in [2.45, 2.75) is 33.8 Å². The molecule has 2 amide bonds.